The second-order valence-corrected chi connectivity index (χ2v) is 6.78. The minimum Gasteiger partial charge on any atom is -0.468 e. The molecule has 1 N–H and O–H groups in total. The first kappa shape index (κ1) is 17.4. The summed E-state index contributed by atoms with van der Waals surface area (Å²) in [4.78, 5) is 12.6. The van der Waals surface area contributed by atoms with Gasteiger partial charge in [0.05, 0.1) is 17.7 Å². The highest BCUT2D eigenvalue weighted by molar-refractivity contribution is 7.98. The van der Waals surface area contributed by atoms with Gasteiger partial charge < -0.3 is 14.3 Å². The molecule has 3 aromatic rings. The van der Waals surface area contributed by atoms with Crippen LogP contribution < -0.4 is 5.32 Å². The lowest BCUT2D eigenvalue weighted by molar-refractivity contribution is 0.0956. The van der Waals surface area contributed by atoms with Crippen molar-refractivity contribution in [3.8, 4) is 11.3 Å². The summed E-state index contributed by atoms with van der Waals surface area (Å²) in [5, 5.41) is 6.93. The van der Waals surface area contributed by atoms with E-state index in [4.69, 9.17) is 8.94 Å². The molecule has 6 heteroatoms. The fourth-order valence-corrected chi connectivity index (χ4v) is 3.30. The first-order valence-electron chi connectivity index (χ1n) is 8.07. The lowest BCUT2D eigenvalue weighted by Gasteiger charge is -2.07. The van der Waals surface area contributed by atoms with Gasteiger partial charge in [0.2, 0.25) is 0 Å². The van der Waals surface area contributed by atoms with E-state index in [1.165, 1.54) is 0 Å². The molecule has 5 nitrogen and oxygen atoms in total. The SMILES string of the molecule is Cc1ccccc1-c1onc(C)c1C(=O)NCCSCc1ccco1. The minimum absolute atomic E-state index is 0.157. The molecule has 25 heavy (non-hydrogen) atoms. The van der Waals surface area contributed by atoms with Gasteiger partial charge in [0, 0.05) is 17.9 Å². The molecule has 0 atom stereocenters. The van der Waals surface area contributed by atoms with Crippen LogP contribution >= 0.6 is 11.8 Å². The zero-order valence-electron chi connectivity index (χ0n) is 14.2. The summed E-state index contributed by atoms with van der Waals surface area (Å²) in [6.07, 6.45) is 1.67. The van der Waals surface area contributed by atoms with Crippen LogP contribution in [0.5, 0.6) is 0 Å². The molecule has 0 spiro atoms. The van der Waals surface area contributed by atoms with Gasteiger partial charge in [-0.05, 0) is 31.5 Å². The van der Waals surface area contributed by atoms with E-state index in [9.17, 15) is 4.79 Å². The van der Waals surface area contributed by atoms with Crippen LogP contribution in [0.3, 0.4) is 0 Å². The molecule has 1 aromatic carbocycles. The molecule has 0 fully saturated rings. The second-order valence-electron chi connectivity index (χ2n) is 5.67. The van der Waals surface area contributed by atoms with Gasteiger partial charge in [-0.15, -0.1) is 0 Å². The zero-order valence-corrected chi connectivity index (χ0v) is 15.1. The molecule has 0 radical (unpaired) electrons. The quantitative estimate of drug-likeness (QED) is 0.642. The summed E-state index contributed by atoms with van der Waals surface area (Å²) in [5.74, 6) is 2.90. The van der Waals surface area contributed by atoms with Gasteiger partial charge in [-0.25, -0.2) is 0 Å². The van der Waals surface area contributed by atoms with E-state index in [-0.39, 0.29) is 5.91 Å². The number of nitrogens with one attached hydrogen (secondary N) is 1. The highest BCUT2D eigenvalue weighted by atomic mass is 32.2. The summed E-state index contributed by atoms with van der Waals surface area (Å²) in [7, 11) is 0. The number of hydrogen-bond donors (Lipinski definition) is 1. The van der Waals surface area contributed by atoms with E-state index < -0.39 is 0 Å². The number of carbonyl (C=O) groups excluding carboxylic acids is 1. The van der Waals surface area contributed by atoms with Crippen molar-refractivity contribution in [1.82, 2.24) is 10.5 Å². The normalized spacial score (nSPS) is 10.8. The lowest BCUT2D eigenvalue weighted by Crippen LogP contribution is -2.26. The van der Waals surface area contributed by atoms with Crippen molar-refractivity contribution in [2.24, 2.45) is 0 Å². The van der Waals surface area contributed by atoms with Gasteiger partial charge in [-0.3, -0.25) is 4.79 Å². The number of rotatable bonds is 7. The molecule has 130 valence electrons. The van der Waals surface area contributed by atoms with Crippen molar-refractivity contribution in [2.45, 2.75) is 19.6 Å². The molecule has 2 aromatic heterocycles. The van der Waals surface area contributed by atoms with Crippen molar-refractivity contribution >= 4 is 17.7 Å². The van der Waals surface area contributed by atoms with E-state index in [1.807, 2.05) is 43.3 Å². The first-order valence-corrected chi connectivity index (χ1v) is 9.23. The van der Waals surface area contributed by atoms with Crippen molar-refractivity contribution in [1.29, 1.82) is 0 Å². The fourth-order valence-electron chi connectivity index (χ4n) is 2.54. The molecule has 1 amide bonds. The largest absolute Gasteiger partial charge is 0.468 e. The first-order chi connectivity index (χ1) is 12.2. The number of nitrogens with zero attached hydrogens (tertiary/aromatic N) is 1. The minimum atomic E-state index is -0.157. The van der Waals surface area contributed by atoms with Gasteiger partial charge in [0.15, 0.2) is 5.76 Å². The third kappa shape index (κ3) is 4.14. The molecule has 3 rings (SSSR count). The van der Waals surface area contributed by atoms with Crippen LogP contribution in [0.4, 0.5) is 0 Å². The van der Waals surface area contributed by atoms with Crippen LogP contribution in [-0.2, 0) is 5.75 Å². The van der Waals surface area contributed by atoms with Crippen LogP contribution in [0.15, 0.2) is 51.6 Å². The molecule has 0 unspecified atom stereocenters. The second kappa shape index (κ2) is 8.07. The Morgan fingerprint density at radius 1 is 1.20 bits per heavy atom. The third-order valence-electron chi connectivity index (χ3n) is 3.84. The predicted octanol–water partition coefficient (Wildman–Crippen LogP) is 4.21. The van der Waals surface area contributed by atoms with Gasteiger partial charge in [-0.1, -0.05) is 29.4 Å². The molecule has 0 saturated carbocycles. The van der Waals surface area contributed by atoms with E-state index in [2.05, 4.69) is 10.5 Å². The molecule has 0 bridgehead atoms. The number of furan rings is 1. The number of hydrogen-bond acceptors (Lipinski definition) is 5. The van der Waals surface area contributed by atoms with Gasteiger partial charge in [0.1, 0.15) is 11.3 Å². The van der Waals surface area contributed by atoms with Crippen molar-refractivity contribution in [3.05, 3.63) is 65.2 Å². The van der Waals surface area contributed by atoms with Crippen molar-refractivity contribution < 1.29 is 13.7 Å². The van der Waals surface area contributed by atoms with Gasteiger partial charge in [0.25, 0.3) is 5.91 Å². The highest BCUT2D eigenvalue weighted by Crippen LogP contribution is 2.28. The molecule has 0 saturated heterocycles. The smallest absolute Gasteiger partial charge is 0.257 e. The van der Waals surface area contributed by atoms with Crippen molar-refractivity contribution in [3.63, 3.8) is 0 Å². The maximum atomic E-state index is 12.6. The standard InChI is InChI=1S/C19H20N2O3S/c1-13-6-3-4-8-16(13)18-17(14(2)21-24-18)19(22)20-9-11-25-12-15-7-5-10-23-15/h3-8,10H,9,11-12H2,1-2H3,(H,20,22). The average molecular weight is 356 g/mol. The Morgan fingerprint density at radius 2 is 2.04 bits per heavy atom. The molecule has 0 aliphatic rings. The Balaban J connectivity index is 1.61. The number of benzene rings is 1. The van der Waals surface area contributed by atoms with E-state index in [0.29, 0.717) is 23.6 Å². The molecule has 0 aliphatic carbocycles. The number of aromatic nitrogens is 1. The molecule has 2 heterocycles. The number of amides is 1. The third-order valence-corrected chi connectivity index (χ3v) is 4.82. The Labute approximate surface area is 150 Å². The summed E-state index contributed by atoms with van der Waals surface area (Å²) >= 11 is 1.71. The Morgan fingerprint density at radius 3 is 2.80 bits per heavy atom. The number of aryl methyl sites for hydroxylation is 2. The van der Waals surface area contributed by atoms with Gasteiger partial charge in [-0.2, -0.15) is 11.8 Å². The maximum Gasteiger partial charge on any atom is 0.257 e. The maximum absolute atomic E-state index is 12.6. The molecular formula is C19H20N2O3S. The van der Waals surface area contributed by atoms with Crippen LogP contribution in [0, 0.1) is 13.8 Å². The monoisotopic (exact) mass is 356 g/mol. The zero-order chi connectivity index (χ0) is 17.6. The summed E-state index contributed by atoms with van der Waals surface area (Å²) in [6.45, 7) is 4.34. The van der Waals surface area contributed by atoms with Crippen LogP contribution in [0.2, 0.25) is 0 Å². The van der Waals surface area contributed by atoms with E-state index in [1.54, 1.807) is 24.9 Å². The highest BCUT2D eigenvalue weighted by Gasteiger charge is 2.22. The topological polar surface area (TPSA) is 68.3 Å². The number of thioether (sulfide) groups is 1. The Bertz CT molecular complexity index is 840. The molecule has 0 aliphatic heterocycles. The fraction of sp³-hybridized carbons (Fsp3) is 0.263. The predicted molar refractivity (Wildman–Crippen MR) is 98.6 cm³/mol. The van der Waals surface area contributed by atoms with Crippen LogP contribution in [0.1, 0.15) is 27.4 Å². The van der Waals surface area contributed by atoms with E-state index >= 15 is 0 Å². The Hall–Kier alpha value is -2.47. The lowest BCUT2D eigenvalue weighted by atomic mass is 10.0. The van der Waals surface area contributed by atoms with Gasteiger partial charge >= 0.3 is 0 Å². The van der Waals surface area contributed by atoms with E-state index in [0.717, 1.165) is 28.4 Å². The molecular weight excluding hydrogens is 336 g/mol. The summed E-state index contributed by atoms with van der Waals surface area (Å²) in [5.41, 5.74) is 3.03. The summed E-state index contributed by atoms with van der Waals surface area (Å²) in [6, 6.07) is 11.6. The van der Waals surface area contributed by atoms with Crippen LogP contribution in [0.25, 0.3) is 11.3 Å². The average Bonchev–Trinajstić information content (AvgIpc) is 3.24. The van der Waals surface area contributed by atoms with Crippen LogP contribution in [-0.4, -0.2) is 23.4 Å². The summed E-state index contributed by atoms with van der Waals surface area (Å²) < 4.78 is 10.7. The van der Waals surface area contributed by atoms with Crippen molar-refractivity contribution in [2.75, 3.05) is 12.3 Å². The Kier molecular flexibility index (Phi) is 5.60. The number of carbonyl (C=O) groups is 1.